The van der Waals surface area contributed by atoms with E-state index in [4.69, 9.17) is 0 Å². The number of anilines is 2. The molecule has 2 aromatic carbocycles. The minimum atomic E-state index is -0.955. The molecule has 1 atom stereocenters. The molecule has 0 bridgehead atoms. The van der Waals surface area contributed by atoms with E-state index >= 15 is 0 Å². The predicted octanol–water partition coefficient (Wildman–Crippen LogP) is 4.09. The standard InChI is InChI=1S/C21H25N3O3/c1-13-7-4-9-15(22-3)18(13)19-14(2)8-5-10-16(19)23-21(27)24-12-6-11-17(24)20(25)26/h4-5,7-10,17,22H,6,11-12H2,1-3H3,(H,23,27)(H,25,26). The molecular weight excluding hydrogens is 342 g/mol. The molecule has 3 rings (SSSR count). The zero-order valence-corrected chi connectivity index (χ0v) is 15.9. The summed E-state index contributed by atoms with van der Waals surface area (Å²) in [4.78, 5) is 25.6. The zero-order valence-electron chi connectivity index (χ0n) is 15.9. The summed E-state index contributed by atoms with van der Waals surface area (Å²) < 4.78 is 0. The van der Waals surface area contributed by atoms with Crippen molar-refractivity contribution in [3.63, 3.8) is 0 Å². The Morgan fingerprint density at radius 1 is 1.04 bits per heavy atom. The molecule has 27 heavy (non-hydrogen) atoms. The van der Waals surface area contributed by atoms with E-state index in [2.05, 4.69) is 10.6 Å². The number of carboxylic acids is 1. The van der Waals surface area contributed by atoms with Crippen LogP contribution >= 0.6 is 0 Å². The zero-order chi connectivity index (χ0) is 19.6. The molecule has 0 radical (unpaired) electrons. The Kier molecular flexibility index (Phi) is 5.35. The summed E-state index contributed by atoms with van der Waals surface area (Å²) in [6.45, 7) is 4.50. The SMILES string of the molecule is CNc1cccc(C)c1-c1c(C)cccc1NC(=O)N1CCCC1C(=O)O. The van der Waals surface area contributed by atoms with Gasteiger partial charge < -0.3 is 20.6 Å². The van der Waals surface area contributed by atoms with Crippen LogP contribution in [0.1, 0.15) is 24.0 Å². The number of carboxylic acid groups (broad SMARTS) is 1. The lowest BCUT2D eigenvalue weighted by Crippen LogP contribution is -2.42. The summed E-state index contributed by atoms with van der Waals surface area (Å²) in [7, 11) is 1.87. The highest BCUT2D eigenvalue weighted by Crippen LogP contribution is 2.38. The van der Waals surface area contributed by atoms with Gasteiger partial charge in [-0.25, -0.2) is 9.59 Å². The van der Waals surface area contributed by atoms with Crippen molar-refractivity contribution < 1.29 is 14.7 Å². The largest absolute Gasteiger partial charge is 0.480 e. The highest BCUT2D eigenvalue weighted by molar-refractivity contribution is 5.99. The van der Waals surface area contributed by atoms with Gasteiger partial charge in [0.05, 0.1) is 5.69 Å². The van der Waals surface area contributed by atoms with Crippen molar-refractivity contribution in [1.82, 2.24) is 4.90 Å². The Morgan fingerprint density at radius 2 is 1.63 bits per heavy atom. The molecule has 0 aromatic heterocycles. The Balaban J connectivity index is 2.01. The molecule has 0 saturated carbocycles. The second kappa shape index (κ2) is 7.70. The Labute approximate surface area is 159 Å². The number of aliphatic carboxylic acids is 1. The first kappa shape index (κ1) is 18.8. The maximum atomic E-state index is 12.8. The van der Waals surface area contributed by atoms with Crippen LogP contribution in [-0.4, -0.2) is 41.6 Å². The van der Waals surface area contributed by atoms with Crippen molar-refractivity contribution >= 4 is 23.4 Å². The summed E-state index contributed by atoms with van der Waals surface area (Å²) in [6, 6.07) is 10.7. The van der Waals surface area contributed by atoms with Crippen molar-refractivity contribution in [1.29, 1.82) is 0 Å². The second-order valence-corrected chi connectivity index (χ2v) is 6.86. The number of urea groups is 1. The number of amides is 2. The van der Waals surface area contributed by atoms with Gasteiger partial charge in [0, 0.05) is 30.4 Å². The number of carbonyl (C=O) groups excluding carboxylic acids is 1. The molecule has 1 aliphatic heterocycles. The quantitative estimate of drug-likeness (QED) is 0.760. The minimum absolute atomic E-state index is 0.369. The van der Waals surface area contributed by atoms with Gasteiger partial charge in [0.2, 0.25) is 0 Å². The fraction of sp³-hybridized carbons (Fsp3) is 0.333. The number of hydrogen-bond donors (Lipinski definition) is 3. The Hall–Kier alpha value is -3.02. The van der Waals surface area contributed by atoms with Gasteiger partial charge in [-0.15, -0.1) is 0 Å². The van der Waals surface area contributed by atoms with Crippen LogP contribution in [0.2, 0.25) is 0 Å². The van der Waals surface area contributed by atoms with Crippen LogP contribution in [0.15, 0.2) is 36.4 Å². The first-order valence-electron chi connectivity index (χ1n) is 9.11. The maximum Gasteiger partial charge on any atom is 0.326 e. The lowest BCUT2D eigenvalue weighted by Gasteiger charge is -2.24. The van der Waals surface area contributed by atoms with Crippen molar-refractivity contribution in [2.75, 3.05) is 24.2 Å². The van der Waals surface area contributed by atoms with Gasteiger partial charge in [-0.3, -0.25) is 0 Å². The van der Waals surface area contributed by atoms with E-state index in [9.17, 15) is 14.7 Å². The van der Waals surface area contributed by atoms with Gasteiger partial charge in [0.1, 0.15) is 6.04 Å². The molecule has 0 spiro atoms. The predicted molar refractivity (Wildman–Crippen MR) is 107 cm³/mol. The van der Waals surface area contributed by atoms with Crippen LogP contribution < -0.4 is 10.6 Å². The third-order valence-corrected chi connectivity index (χ3v) is 5.11. The number of nitrogens with one attached hydrogen (secondary N) is 2. The number of hydrogen-bond acceptors (Lipinski definition) is 3. The number of benzene rings is 2. The average Bonchev–Trinajstić information content (AvgIpc) is 3.13. The first-order chi connectivity index (χ1) is 12.9. The molecule has 1 heterocycles. The molecule has 3 N–H and O–H groups in total. The van der Waals surface area contributed by atoms with E-state index in [0.29, 0.717) is 25.1 Å². The van der Waals surface area contributed by atoms with Crippen LogP contribution in [0, 0.1) is 13.8 Å². The summed E-state index contributed by atoms with van der Waals surface area (Å²) in [5.74, 6) is -0.955. The monoisotopic (exact) mass is 367 g/mol. The summed E-state index contributed by atoms with van der Waals surface area (Å²) in [6.07, 6.45) is 1.19. The lowest BCUT2D eigenvalue weighted by atomic mass is 9.93. The molecule has 6 heteroatoms. The maximum absolute atomic E-state index is 12.8. The number of carbonyl (C=O) groups is 2. The number of likely N-dealkylation sites (tertiary alicyclic amines) is 1. The summed E-state index contributed by atoms with van der Waals surface area (Å²) in [5, 5.41) is 15.5. The van der Waals surface area contributed by atoms with E-state index in [1.54, 1.807) is 0 Å². The smallest absolute Gasteiger partial charge is 0.326 e. The molecule has 1 unspecified atom stereocenters. The highest BCUT2D eigenvalue weighted by atomic mass is 16.4. The van der Waals surface area contributed by atoms with Crippen molar-refractivity contribution in [3.8, 4) is 11.1 Å². The molecule has 1 fully saturated rings. The summed E-state index contributed by atoms with van der Waals surface area (Å²) in [5.41, 5.74) is 5.77. The molecule has 0 aliphatic carbocycles. The molecule has 1 saturated heterocycles. The van der Waals surface area contributed by atoms with Crippen LogP contribution in [0.5, 0.6) is 0 Å². The third kappa shape index (κ3) is 3.60. The average molecular weight is 367 g/mol. The van der Waals surface area contributed by atoms with Gasteiger partial charge in [0.25, 0.3) is 0 Å². The van der Waals surface area contributed by atoms with Crippen LogP contribution in [0.25, 0.3) is 11.1 Å². The van der Waals surface area contributed by atoms with E-state index in [-0.39, 0.29) is 6.03 Å². The van der Waals surface area contributed by atoms with Gasteiger partial charge in [-0.1, -0.05) is 24.3 Å². The molecule has 2 amide bonds. The Morgan fingerprint density at radius 3 is 2.22 bits per heavy atom. The first-order valence-corrected chi connectivity index (χ1v) is 9.11. The molecule has 6 nitrogen and oxygen atoms in total. The normalized spacial score (nSPS) is 16.3. The second-order valence-electron chi connectivity index (χ2n) is 6.86. The number of aryl methyl sites for hydroxylation is 2. The number of nitrogens with zero attached hydrogens (tertiary/aromatic N) is 1. The molecule has 1 aliphatic rings. The van der Waals surface area contributed by atoms with E-state index in [1.165, 1.54) is 4.90 Å². The van der Waals surface area contributed by atoms with Gasteiger partial charge in [-0.05, 0) is 49.9 Å². The summed E-state index contributed by atoms with van der Waals surface area (Å²) >= 11 is 0. The van der Waals surface area contributed by atoms with Gasteiger partial charge >= 0.3 is 12.0 Å². The Bertz CT molecular complexity index is 879. The topological polar surface area (TPSA) is 81.7 Å². The molecular formula is C21H25N3O3. The minimum Gasteiger partial charge on any atom is -0.480 e. The molecule has 142 valence electrons. The van der Waals surface area contributed by atoms with Crippen molar-refractivity contribution in [2.24, 2.45) is 0 Å². The highest BCUT2D eigenvalue weighted by Gasteiger charge is 2.34. The van der Waals surface area contributed by atoms with Crippen LogP contribution in [0.3, 0.4) is 0 Å². The number of rotatable bonds is 4. The fourth-order valence-corrected chi connectivity index (χ4v) is 3.77. The van der Waals surface area contributed by atoms with Crippen molar-refractivity contribution in [2.45, 2.75) is 32.7 Å². The van der Waals surface area contributed by atoms with Crippen LogP contribution in [0.4, 0.5) is 16.2 Å². The van der Waals surface area contributed by atoms with E-state index in [1.807, 2.05) is 57.3 Å². The van der Waals surface area contributed by atoms with Gasteiger partial charge in [0.15, 0.2) is 0 Å². The van der Waals surface area contributed by atoms with Crippen molar-refractivity contribution in [3.05, 3.63) is 47.5 Å². The third-order valence-electron chi connectivity index (χ3n) is 5.11. The van der Waals surface area contributed by atoms with E-state index < -0.39 is 12.0 Å². The van der Waals surface area contributed by atoms with Gasteiger partial charge in [-0.2, -0.15) is 0 Å². The fourth-order valence-electron chi connectivity index (χ4n) is 3.77. The molecule has 2 aromatic rings. The lowest BCUT2D eigenvalue weighted by molar-refractivity contribution is -0.141. The van der Waals surface area contributed by atoms with Crippen LogP contribution in [-0.2, 0) is 4.79 Å². The van der Waals surface area contributed by atoms with E-state index in [0.717, 1.165) is 27.9 Å².